The number of benzene rings is 2. The zero-order valence-electron chi connectivity index (χ0n) is 11.0. The molecule has 102 valence electrons. The highest BCUT2D eigenvalue weighted by atomic mass is 35.5. The Labute approximate surface area is 125 Å². The Bertz CT molecular complexity index is 925. The Morgan fingerprint density at radius 1 is 1.24 bits per heavy atom. The first-order chi connectivity index (χ1) is 10.2. The molecule has 0 fully saturated rings. The van der Waals surface area contributed by atoms with Gasteiger partial charge in [-0.3, -0.25) is 9.36 Å². The smallest absolute Gasteiger partial charge is 0.261 e. The molecule has 3 rings (SSSR count). The Kier molecular flexibility index (Phi) is 3.43. The number of hydrogen-bond acceptors (Lipinski definition) is 3. The van der Waals surface area contributed by atoms with E-state index in [2.05, 4.69) is 11.1 Å². The minimum atomic E-state index is -0.148. The molecule has 0 aliphatic heterocycles. The molecule has 0 atom stereocenters. The van der Waals surface area contributed by atoms with Crippen LogP contribution in [0.15, 0.2) is 53.6 Å². The summed E-state index contributed by atoms with van der Waals surface area (Å²) in [6.07, 6.45) is 1.51. The van der Waals surface area contributed by atoms with Crippen molar-refractivity contribution < 1.29 is 0 Å². The van der Waals surface area contributed by atoms with Crippen molar-refractivity contribution in [1.29, 1.82) is 5.26 Å². The highest BCUT2D eigenvalue weighted by Gasteiger charge is 2.06. The van der Waals surface area contributed by atoms with E-state index in [9.17, 15) is 4.79 Å². The highest BCUT2D eigenvalue weighted by Crippen LogP contribution is 2.14. The molecule has 5 heteroatoms. The van der Waals surface area contributed by atoms with Crippen LogP contribution in [0.4, 0.5) is 0 Å². The van der Waals surface area contributed by atoms with Crippen molar-refractivity contribution in [3.8, 4) is 6.07 Å². The van der Waals surface area contributed by atoms with Crippen LogP contribution in [0, 0.1) is 11.3 Å². The lowest BCUT2D eigenvalue weighted by atomic mass is 10.1. The number of nitrogens with zero attached hydrogens (tertiary/aromatic N) is 3. The maximum absolute atomic E-state index is 12.4. The first-order valence-corrected chi connectivity index (χ1v) is 6.69. The van der Waals surface area contributed by atoms with Crippen LogP contribution in [0.3, 0.4) is 0 Å². The standard InChI is InChI=1S/C16H10ClN3O/c17-13-4-5-15-14(7-13)16(21)20(10-19-15)9-12-3-1-2-11(6-12)8-18/h1-7,10H,9H2. The maximum atomic E-state index is 12.4. The minimum absolute atomic E-state index is 0.148. The Morgan fingerprint density at radius 3 is 2.90 bits per heavy atom. The van der Waals surface area contributed by atoms with E-state index in [4.69, 9.17) is 16.9 Å². The van der Waals surface area contributed by atoms with Gasteiger partial charge in [0.15, 0.2) is 0 Å². The van der Waals surface area contributed by atoms with E-state index in [-0.39, 0.29) is 5.56 Å². The van der Waals surface area contributed by atoms with Gasteiger partial charge in [-0.05, 0) is 35.9 Å². The molecule has 0 saturated heterocycles. The Hall–Kier alpha value is -2.64. The molecule has 0 aliphatic carbocycles. The van der Waals surface area contributed by atoms with Crippen molar-refractivity contribution in [1.82, 2.24) is 9.55 Å². The molecule has 2 aromatic carbocycles. The Balaban J connectivity index is 2.07. The molecule has 0 radical (unpaired) electrons. The molecule has 0 saturated carbocycles. The van der Waals surface area contributed by atoms with Crippen molar-refractivity contribution in [2.75, 3.05) is 0 Å². The van der Waals surface area contributed by atoms with E-state index in [1.165, 1.54) is 10.9 Å². The van der Waals surface area contributed by atoms with E-state index >= 15 is 0 Å². The van der Waals surface area contributed by atoms with Crippen LogP contribution in [0.2, 0.25) is 5.02 Å². The van der Waals surface area contributed by atoms with Gasteiger partial charge in [0, 0.05) is 5.02 Å². The van der Waals surface area contributed by atoms with E-state index in [1.54, 1.807) is 36.4 Å². The average Bonchev–Trinajstić information content (AvgIpc) is 2.51. The number of halogens is 1. The van der Waals surface area contributed by atoms with Gasteiger partial charge < -0.3 is 0 Å². The zero-order valence-corrected chi connectivity index (χ0v) is 11.7. The third-order valence-corrected chi connectivity index (χ3v) is 3.43. The van der Waals surface area contributed by atoms with Gasteiger partial charge in [-0.1, -0.05) is 23.7 Å². The summed E-state index contributed by atoms with van der Waals surface area (Å²) in [7, 11) is 0. The second kappa shape index (κ2) is 5.39. The number of fused-ring (bicyclic) bond motifs is 1. The second-order valence-corrected chi connectivity index (χ2v) is 5.09. The summed E-state index contributed by atoms with van der Waals surface area (Å²) in [6.45, 7) is 0.365. The number of nitriles is 1. The molecular weight excluding hydrogens is 286 g/mol. The molecule has 0 unspecified atom stereocenters. The van der Waals surface area contributed by atoms with Gasteiger partial charge in [-0.2, -0.15) is 5.26 Å². The predicted octanol–water partition coefficient (Wildman–Crippen LogP) is 2.97. The molecule has 4 nitrogen and oxygen atoms in total. The molecule has 3 aromatic rings. The maximum Gasteiger partial charge on any atom is 0.261 e. The third-order valence-electron chi connectivity index (χ3n) is 3.20. The molecule has 21 heavy (non-hydrogen) atoms. The second-order valence-electron chi connectivity index (χ2n) is 4.65. The van der Waals surface area contributed by atoms with Gasteiger partial charge in [-0.25, -0.2) is 4.98 Å². The summed E-state index contributed by atoms with van der Waals surface area (Å²) in [5, 5.41) is 9.90. The fraction of sp³-hybridized carbons (Fsp3) is 0.0625. The molecular formula is C16H10ClN3O. The summed E-state index contributed by atoms with van der Waals surface area (Å²) in [4.78, 5) is 16.7. The average molecular weight is 296 g/mol. The fourth-order valence-electron chi connectivity index (χ4n) is 2.18. The number of aromatic nitrogens is 2. The molecule has 1 aromatic heterocycles. The summed E-state index contributed by atoms with van der Waals surface area (Å²) in [6, 6.07) is 14.3. The van der Waals surface area contributed by atoms with Gasteiger partial charge in [-0.15, -0.1) is 0 Å². The van der Waals surface area contributed by atoms with Crippen LogP contribution in [0.1, 0.15) is 11.1 Å². The first-order valence-electron chi connectivity index (χ1n) is 6.31. The lowest BCUT2D eigenvalue weighted by Gasteiger charge is -2.07. The van der Waals surface area contributed by atoms with Crippen molar-refractivity contribution in [3.05, 3.63) is 75.3 Å². The normalized spacial score (nSPS) is 10.5. The van der Waals surface area contributed by atoms with Gasteiger partial charge in [0.05, 0.1) is 35.4 Å². The fourth-order valence-corrected chi connectivity index (χ4v) is 2.35. The molecule has 1 heterocycles. The van der Waals surface area contributed by atoms with Crippen molar-refractivity contribution in [2.24, 2.45) is 0 Å². The van der Waals surface area contributed by atoms with Crippen LogP contribution in [-0.4, -0.2) is 9.55 Å². The quantitative estimate of drug-likeness (QED) is 0.730. The molecule has 0 bridgehead atoms. The summed E-state index contributed by atoms with van der Waals surface area (Å²) in [5.74, 6) is 0. The van der Waals surface area contributed by atoms with Crippen LogP contribution >= 0.6 is 11.6 Å². The van der Waals surface area contributed by atoms with Crippen molar-refractivity contribution >= 4 is 22.5 Å². The SMILES string of the molecule is N#Cc1cccc(Cn2cnc3ccc(Cl)cc3c2=O)c1. The summed E-state index contributed by atoms with van der Waals surface area (Å²) >= 11 is 5.93. The molecule has 0 spiro atoms. The van der Waals surface area contributed by atoms with E-state index < -0.39 is 0 Å². The lowest BCUT2D eigenvalue weighted by molar-refractivity contribution is 0.748. The predicted molar refractivity (Wildman–Crippen MR) is 81.3 cm³/mol. The summed E-state index contributed by atoms with van der Waals surface area (Å²) < 4.78 is 1.51. The van der Waals surface area contributed by atoms with Gasteiger partial charge >= 0.3 is 0 Å². The minimum Gasteiger partial charge on any atom is -0.294 e. The summed E-state index contributed by atoms with van der Waals surface area (Å²) in [5.41, 5.74) is 1.91. The number of hydrogen-bond donors (Lipinski definition) is 0. The van der Waals surface area contributed by atoms with Crippen LogP contribution in [0.25, 0.3) is 10.9 Å². The van der Waals surface area contributed by atoms with Gasteiger partial charge in [0.2, 0.25) is 0 Å². The highest BCUT2D eigenvalue weighted by molar-refractivity contribution is 6.31. The zero-order chi connectivity index (χ0) is 14.8. The topological polar surface area (TPSA) is 58.7 Å². The molecule has 0 amide bonds. The van der Waals surface area contributed by atoms with Crippen LogP contribution in [-0.2, 0) is 6.54 Å². The largest absolute Gasteiger partial charge is 0.294 e. The number of rotatable bonds is 2. The van der Waals surface area contributed by atoms with Crippen molar-refractivity contribution in [2.45, 2.75) is 6.54 Å². The monoisotopic (exact) mass is 295 g/mol. The van der Waals surface area contributed by atoms with E-state index in [1.807, 2.05) is 6.07 Å². The Morgan fingerprint density at radius 2 is 2.10 bits per heavy atom. The van der Waals surface area contributed by atoms with Crippen LogP contribution < -0.4 is 5.56 Å². The van der Waals surface area contributed by atoms with Crippen LogP contribution in [0.5, 0.6) is 0 Å². The van der Waals surface area contributed by atoms with E-state index in [0.29, 0.717) is 28.0 Å². The molecule has 0 aliphatic rings. The van der Waals surface area contributed by atoms with Gasteiger partial charge in [0.25, 0.3) is 5.56 Å². The third kappa shape index (κ3) is 2.64. The van der Waals surface area contributed by atoms with E-state index in [0.717, 1.165) is 5.56 Å². The molecule has 0 N–H and O–H groups in total. The van der Waals surface area contributed by atoms with Gasteiger partial charge in [0.1, 0.15) is 0 Å². The first kappa shape index (κ1) is 13.3. The lowest BCUT2D eigenvalue weighted by Crippen LogP contribution is -2.21. The van der Waals surface area contributed by atoms with Crippen molar-refractivity contribution in [3.63, 3.8) is 0 Å².